The Morgan fingerprint density at radius 1 is 1.08 bits per heavy atom. The largest absolute Gasteiger partial charge is 0.497 e. The molecule has 1 aliphatic rings. The molecule has 0 radical (unpaired) electrons. The number of ether oxygens (including phenoxy) is 1. The lowest BCUT2D eigenvalue weighted by atomic mass is 10.1. The summed E-state index contributed by atoms with van der Waals surface area (Å²) in [4.78, 5) is 10.8. The summed E-state index contributed by atoms with van der Waals surface area (Å²) in [5, 5.41) is 0. The normalized spacial score (nSPS) is 15.7. The van der Waals surface area contributed by atoms with E-state index in [0.29, 0.717) is 0 Å². The molecule has 0 aliphatic carbocycles. The van der Waals surface area contributed by atoms with E-state index in [-0.39, 0.29) is 0 Å². The Hall–Kier alpha value is -2.59. The Bertz CT molecular complexity index is 862. The maximum absolute atomic E-state index is 5.23. The van der Waals surface area contributed by atoms with Gasteiger partial charge in [-0.1, -0.05) is 30.3 Å². The van der Waals surface area contributed by atoms with Crippen LogP contribution < -0.4 is 4.74 Å². The lowest BCUT2D eigenvalue weighted by Gasteiger charge is -2.20. The Balaban J connectivity index is 1.35. The number of nitrogens with zero attached hydrogens (tertiary/aromatic N) is 2. The third kappa shape index (κ3) is 3.81. The van der Waals surface area contributed by atoms with Gasteiger partial charge in [-0.25, -0.2) is 4.98 Å². The number of methoxy groups -OCH3 is 1. The molecule has 2 aromatic carbocycles. The van der Waals surface area contributed by atoms with E-state index >= 15 is 0 Å². The topological polar surface area (TPSA) is 41.1 Å². The molecule has 2 heterocycles. The highest BCUT2D eigenvalue weighted by molar-refractivity contribution is 5.78. The van der Waals surface area contributed by atoms with Crippen LogP contribution in [0.1, 0.15) is 24.2 Å². The molecule has 1 aromatic heterocycles. The molecule has 0 amide bonds. The Morgan fingerprint density at radius 2 is 1.92 bits per heavy atom. The number of hydrogen-bond acceptors (Lipinski definition) is 3. The zero-order valence-corrected chi connectivity index (χ0v) is 15.2. The van der Waals surface area contributed by atoms with Crippen LogP contribution in [0.15, 0.2) is 54.6 Å². The van der Waals surface area contributed by atoms with Crippen molar-refractivity contribution in [1.29, 1.82) is 0 Å². The first-order valence-electron chi connectivity index (χ1n) is 9.31. The first-order valence-corrected chi connectivity index (χ1v) is 9.31. The van der Waals surface area contributed by atoms with E-state index in [2.05, 4.69) is 40.2 Å². The van der Waals surface area contributed by atoms with Gasteiger partial charge in [0.1, 0.15) is 11.6 Å². The van der Waals surface area contributed by atoms with Gasteiger partial charge < -0.3 is 14.6 Å². The summed E-state index contributed by atoms with van der Waals surface area (Å²) in [7, 11) is 1.71. The quantitative estimate of drug-likeness (QED) is 0.748. The van der Waals surface area contributed by atoms with Crippen LogP contribution in [0.25, 0.3) is 16.6 Å². The molecule has 4 nitrogen and oxygen atoms in total. The third-order valence-corrected chi connectivity index (χ3v) is 5.10. The molecule has 0 saturated carbocycles. The molecule has 0 saturated heterocycles. The zero-order valence-electron chi connectivity index (χ0n) is 15.2. The molecule has 26 heavy (non-hydrogen) atoms. The summed E-state index contributed by atoms with van der Waals surface area (Å²) in [5.74, 6) is 1.95. The molecule has 0 atom stereocenters. The van der Waals surface area contributed by atoms with Gasteiger partial charge in [-0.05, 0) is 54.7 Å². The number of benzene rings is 2. The van der Waals surface area contributed by atoms with Crippen LogP contribution >= 0.6 is 0 Å². The van der Waals surface area contributed by atoms with Crippen LogP contribution in [-0.4, -0.2) is 41.6 Å². The van der Waals surface area contributed by atoms with Crippen LogP contribution in [0, 0.1) is 0 Å². The molecule has 0 fully saturated rings. The van der Waals surface area contributed by atoms with Gasteiger partial charge in [-0.15, -0.1) is 0 Å². The van der Waals surface area contributed by atoms with Gasteiger partial charge in [0.15, 0.2) is 0 Å². The number of aromatic amines is 1. The van der Waals surface area contributed by atoms with Gasteiger partial charge in [0.05, 0.1) is 18.1 Å². The van der Waals surface area contributed by atoms with Crippen molar-refractivity contribution in [2.45, 2.75) is 19.3 Å². The minimum Gasteiger partial charge on any atom is -0.497 e. The van der Waals surface area contributed by atoms with Crippen LogP contribution in [0.4, 0.5) is 0 Å². The van der Waals surface area contributed by atoms with E-state index < -0.39 is 0 Å². The number of rotatable bonds is 5. The van der Waals surface area contributed by atoms with Gasteiger partial charge in [0.25, 0.3) is 0 Å². The van der Waals surface area contributed by atoms with Gasteiger partial charge in [-0.2, -0.15) is 0 Å². The summed E-state index contributed by atoms with van der Waals surface area (Å²) in [5.41, 5.74) is 4.86. The molecule has 1 N–H and O–H groups in total. The SMILES string of the molecule is COc1ccc(CCN2CCC=C(c3nc4ccccc4[nH]3)CC2)cc1. The number of H-pyrrole nitrogens is 1. The van der Waals surface area contributed by atoms with Crippen molar-refractivity contribution < 1.29 is 4.74 Å². The van der Waals surface area contributed by atoms with Crippen molar-refractivity contribution in [2.24, 2.45) is 0 Å². The maximum atomic E-state index is 5.23. The van der Waals surface area contributed by atoms with E-state index in [4.69, 9.17) is 9.72 Å². The van der Waals surface area contributed by atoms with E-state index in [1.807, 2.05) is 24.3 Å². The smallest absolute Gasteiger partial charge is 0.134 e. The van der Waals surface area contributed by atoms with Crippen LogP contribution in [-0.2, 0) is 6.42 Å². The lowest BCUT2D eigenvalue weighted by molar-refractivity contribution is 0.293. The number of imidazole rings is 1. The van der Waals surface area contributed by atoms with Crippen molar-refractivity contribution in [3.05, 3.63) is 66.0 Å². The highest BCUT2D eigenvalue weighted by Crippen LogP contribution is 2.23. The zero-order chi connectivity index (χ0) is 17.8. The van der Waals surface area contributed by atoms with Crippen molar-refractivity contribution >= 4 is 16.6 Å². The average Bonchev–Trinajstić information content (AvgIpc) is 2.98. The van der Waals surface area contributed by atoms with E-state index in [1.54, 1.807) is 7.11 Å². The molecular formula is C22H25N3O. The molecule has 4 rings (SSSR count). The standard InChI is InChI=1S/C22H25N3O/c1-26-19-10-8-17(9-11-19)12-15-25-14-4-5-18(13-16-25)22-23-20-6-2-3-7-21(20)24-22/h2-3,5-11H,4,12-16H2,1H3,(H,23,24). The Labute approximate surface area is 154 Å². The predicted octanol–water partition coefficient (Wildman–Crippen LogP) is 4.29. The van der Waals surface area contributed by atoms with Gasteiger partial charge >= 0.3 is 0 Å². The fourth-order valence-corrected chi connectivity index (χ4v) is 3.54. The van der Waals surface area contributed by atoms with Crippen LogP contribution in [0.3, 0.4) is 0 Å². The first kappa shape index (κ1) is 16.9. The number of para-hydroxylation sites is 2. The number of fused-ring (bicyclic) bond motifs is 1. The number of aromatic nitrogens is 2. The summed E-state index contributed by atoms with van der Waals surface area (Å²) >= 11 is 0. The van der Waals surface area contributed by atoms with E-state index in [1.165, 1.54) is 11.1 Å². The van der Waals surface area contributed by atoms with Crippen LogP contribution in [0.2, 0.25) is 0 Å². The molecule has 0 spiro atoms. The highest BCUT2D eigenvalue weighted by atomic mass is 16.5. The second-order valence-electron chi connectivity index (χ2n) is 6.81. The number of nitrogens with one attached hydrogen (secondary N) is 1. The molecule has 4 heteroatoms. The Kier molecular flexibility index (Phi) is 5.02. The summed E-state index contributed by atoms with van der Waals surface area (Å²) < 4.78 is 5.23. The summed E-state index contributed by atoms with van der Waals surface area (Å²) in [6, 6.07) is 16.6. The van der Waals surface area contributed by atoms with Crippen molar-refractivity contribution in [3.8, 4) is 5.75 Å². The monoisotopic (exact) mass is 347 g/mol. The molecule has 134 valence electrons. The first-order chi connectivity index (χ1) is 12.8. The fourth-order valence-electron chi connectivity index (χ4n) is 3.54. The van der Waals surface area contributed by atoms with Gasteiger partial charge in [0.2, 0.25) is 0 Å². The lowest BCUT2D eigenvalue weighted by Crippen LogP contribution is -2.27. The van der Waals surface area contributed by atoms with Crippen molar-refractivity contribution in [1.82, 2.24) is 14.9 Å². The second-order valence-corrected chi connectivity index (χ2v) is 6.81. The van der Waals surface area contributed by atoms with Gasteiger partial charge in [-0.3, -0.25) is 0 Å². The predicted molar refractivity (Wildman–Crippen MR) is 106 cm³/mol. The molecular weight excluding hydrogens is 322 g/mol. The summed E-state index contributed by atoms with van der Waals surface area (Å²) in [6.07, 6.45) is 5.55. The highest BCUT2D eigenvalue weighted by Gasteiger charge is 2.14. The van der Waals surface area contributed by atoms with Crippen LogP contribution in [0.5, 0.6) is 5.75 Å². The maximum Gasteiger partial charge on any atom is 0.134 e. The fraction of sp³-hybridized carbons (Fsp3) is 0.318. The van der Waals surface area contributed by atoms with E-state index in [0.717, 1.165) is 61.5 Å². The molecule has 0 unspecified atom stereocenters. The second kappa shape index (κ2) is 7.75. The summed E-state index contributed by atoms with van der Waals surface area (Å²) in [6.45, 7) is 3.28. The molecule has 0 bridgehead atoms. The average molecular weight is 347 g/mol. The van der Waals surface area contributed by atoms with Crippen molar-refractivity contribution in [3.63, 3.8) is 0 Å². The van der Waals surface area contributed by atoms with E-state index in [9.17, 15) is 0 Å². The Morgan fingerprint density at radius 3 is 2.73 bits per heavy atom. The third-order valence-electron chi connectivity index (χ3n) is 5.10. The minimum absolute atomic E-state index is 0.920. The van der Waals surface area contributed by atoms with Gasteiger partial charge in [0, 0.05) is 19.6 Å². The molecule has 1 aliphatic heterocycles. The molecule has 3 aromatic rings. The van der Waals surface area contributed by atoms with Crippen molar-refractivity contribution in [2.75, 3.05) is 26.7 Å². The number of hydrogen-bond donors (Lipinski definition) is 1. The minimum atomic E-state index is 0.920.